The van der Waals surface area contributed by atoms with E-state index in [0.717, 1.165) is 45.4 Å². The lowest BCUT2D eigenvalue weighted by atomic mass is 9.73. The van der Waals surface area contributed by atoms with Crippen molar-refractivity contribution in [1.82, 2.24) is 9.80 Å². The molecule has 0 unspecified atom stereocenters. The highest BCUT2D eigenvalue weighted by Crippen LogP contribution is 2.38. The van der Waals surface area contributed by atoms with Crippen LogP contribution in [0.15, 0.2) is 35.2 Å². The fourth-order valence-electron chi connectivity index (χ4n) is 4.22. The van der Waals surface area contributed by atoms with E-state index in [0.29, 0.717) is 17.9 Å². The van der Waals surface area contributed by atoms with Gasteiger partial charge < -0.3 is 9.80 Å². The molecule has 0 aliphatic carbocycles. The van der Waals surface area contributed by atoms with Crippen LogP contribution in [0.2, 0.25) is 0 Å². The Balaban J connectivity index is 1.62. The van der Waals surface area contributed by atoms with Crippen molar-refractivity contribution in [2.75, 3.05) is 38.5 Å². The van der Waals surface area contributed by atoms with Crippen molar-refractivity contribution < 1.29 is 13.2 Å². The highest BCUT2D eigenvalue weighted by atomic mass is 32.2. The summed E-state index contributed by atoms with van der Waals surface area (Å²) >= 11 is 0. The van der Waals surface area contributed by atoms with E-state index in [1.54, 1.807) is 24.3 Å². The predicted octanol–water partition coefficient (Wildman–Crippen LogP) is 2.18. The summed E-state index contributed by atoms with van der Waals surface area (Å²) < 4.78 is 25.0. The molecule has 0 saturated carbocycles. The topological polar surface area (TPSA) is 57.7 Å². The van der Waals surface area contributed by atoms with Crippen molar-refractivity contribution in [3.05, 3.63) is 30.3 Å². The predicted molar refractivity (Wildman–Crippen MR) is 98.1 cm³/mol. The zero-order chi connectivity index (χ0) is 17.9. The summed E-state index contributed by atoms with van der Waals surface area (Å²) in [5.74, 6) is 0.417. The van der Waals surface area contributed by atoms with E-state index in [-0.39, 0.29) is 17.1 Å². The molecule has 1 aromatic rings. The lowest BCUT2D eigenvalue weighted by molar-refractivity contribution is -0.139. The van der Waals surface area contributed by atoms with Crippen LogP contribution in [0.3, 0.4) is 0 Å². The summed E-state index contributed by atoms with van der Waals surface area (Å²) in [6, 6.07) is 8.69. The Morgan fingerprint density at radius 1 is 1.12 bits per heavy atom. The number of sulfone groups is 1. The van der Waals surface area contributed by atoms with Gasteiger partial charge in [-0.25, -0.2) is 8.42 Å². The summed E-state index contributed by atoms with van der Waals surface area (Å²) in [5, 5.41) is 0. The van der Waals surface area contributed by atoms with Crippen molar-refractivity contribution in [2.45, 2.75) is 37.5 Å². The van der Waals surface area contributed by atoms with E-state index in [1.165, 1.54) is 0 Å². The molecule has 1 atom stereocenters. The number of hydrogen-bond acceptors (Lipinski definition) is 4. The Bertz CT molecular complexity index is 705. The highest BCUT2D eigenvalue weighted by Gasteiger charge is 2.41. The Morgan fingerprint density at radius 3 is 2.60 bits per heavy atom. The first-order chi connectivity index (χ1) is 11.9. The van der Waals surface area contributed by atoms with Gasteiger partial charge in [0.25, 0.3) is 0 Å². The molecule has 138 valence electrons. The standard InChI is InChI=1S/C19H28N2O3S/c1-2-21-16-19(11-9-18(21)22)10-6-12-20(15-19)13-14-25(23,24)17-7-4-3-5-8-17/h3-5,7-8H,2,6,9-16H2,1H3/t19-/m0/s1. The molecule has 2 saturated heterocycles. The van der Waals surface area contributed by atoms with Crippen LogP contribution in [0, 0.1) is 5.41 Å². The fourth-order valence-corrected chi connectivity index (χ4v) is 5.53. The van der Waals surface area contributed by atoms with Gasteiger partial charge in [-0.3, -0.25) is 4.79 Å². The molecular formula is C19H28N2O3S. The first-order valence-corrected chi connectivity index (χ1v) is 10.9. The molecular weight excluding hydrogens is 336 g/mol. The van der Waals surface area contributed by atoms with Crippen molar-refractivity contribution in [3.8, 4) is 0 Å². The van der Waals surface area contributed by atoms with E-state index in [4.69, 9.17) is 0 Å². The van der Waals surface area contributed by atoms with Crippen LogP contribution < -0.4 is 0 Å². The quantitative estimate of drug-likeness (QED) is 0.804. The Morgan fingerprint density at radius 2 is 1.88 bits per heavy atom. The number of rotatable bonds is 5. The van der Waals surface area contributed by atoms with Gasteiger partial charge in [0.15, 0.2) is 9.84 Å². The van der Waals surface area contributed by atoms with Gasteiger partial charge in [-0.2, -0.15) is 0 Å². The van der Waals surface area contributed by atoms with Gasteiger partial charge in [-0.05, 0) is 44.9 Å². The number of likely N-dealkylation sites (tertiary alicyclic amines) is 2. The molecule has 6 heteroatoms. The molecule has 1 amide bonds. The van der Waals surface area contributed by atoms with Crippen LogP contribution in [-0.2, 0) is 14.6 Å². The van der Waals surface area contributed by atoms with E-state index < -0.39 is 9.84 Å². The van der Waals surface area contributed by atoms with Gasteiger partial charge in [0, 0.05) is 38.0 Å². The summed E-state index contributed by atoms with van der Waals surface area (Å²) in [7, 11) is -3.23. The number of carbonyl (C=O) groups is 1. The van der Waals surface area contributed by atoms with Gasteiger partial charge in [-0.1, -0.05) is 18.2 Å². The number of hydrogen-bond donors (Lipinski definition) is 0. The maximum atomic E-state index is 12.5. The third-order valence-electron chi connectivity index (χ3n) is 5.65. The Labute approximate surface area is 150 Å². The lowest BCUT2D eigenvalue weighted by Gasteiger charge is -2.48. The van der Waals surface area contributed by atoms with Crippen molar-refractivity contribution in [1.29, 1.82) is 0 Å². The zero-order valence-electron chi connectivity index (χ0n) is 15.0. The normalized spacial score (nSPS) is 25.5. The largest absolute Gasteiger partial charge is 0.342 e. The zero-order valence-corrected chi connectivity index (χ0v) is 15.8. The molecule has 3 rings (SSSR count). The lowest BCUT2D eigenvalue weighted by Crippen LogP contribution is -2.54. The monoisotopic (exact) mass is 364 g/mol. The average Bonchev–Trinajstić information content (AvgIpc) is 2.63. The van der Waals surface area contributed by atoms with Crippen molar-refractivity contribution in [2.24, 2.45) is 5.41 Å². The van der Waals surface area contributed by atoms with Gasteiger partial charge >= 0.3 is 0 Å². The van der Waals surface area contributed by atoms with Gasteiger partial charge in [0.1, 0.15) is 0 Å². The molecule has 0 N–H and O–H groups in total. The smallest absolute Gasteiger partial charge is 0.222 e. The van der Waals surface area contributed by atoms with Crippen LogP contribution in [0.4, 0.5) is 0 Å². The third-order valence-corrected chi connectivity index (χ3v) is 7.36. The van der Waals surface area contributed by atoms with E-state index in [2.05, 4.69) is 4.90 Å². The average molecular weight is 365 g/mol. The Hall–Kier alpha value is -1.40. The second-order valence-electron chi connectivity index (χ2n) is 7.42. The van der Waals surface area contributed by atoms with Crippen LogP contribution in [0.5, 0.6) is 0 Å². The van der Waals surface area contributed by atoms with E-state index in [9.17, 15) is 13.2 Å². The van der Waals surface area contributed by atoms with Gasteiger partial charge in [-0.15, -0.1) is 0 Å². The maximum Gasteiger partial charge on any atom is 0.222 e. The first-order valence-electron chi connectivity index (χ1n) is 9.22. The van der Waals surface area contributed by atoms with E-state index in [1.807, 2.05) is 17.9 Å². The molecule has 2 heterocycles. The SMILES string of the molecule is CCN1C[C@@]2(CCCN(CCS(=O)(=O)c3ccccc3)C2)CCC1=O. The number of amides is 1. The van der Waals surface area contributed by atoms with E-state index >= 15 is 0 Å². The van der Waals surface area contributed by atoms with Gasteiger partial charge in [0.2, 0.25) is 5.91 Å². The fraction of sp³-hybridized carbons (Fsp3) is 0.632. The molecule has 25 heavy (non-hydrogen) atoms. The molecule has 5 nitrogen and oxygen atoms in total. The third kappa shape index (κ3) is 4.23. The molecule has 2 aliphatic rings. The number of benzene rings is 1. The van der Waals surface area contributed by atoms with Crippen molar-refractivity contribution in [3.63, 3.8) is 0 Å². The number of nitrogens with zero attached hydrogens (tertiary/aromatic N) is 2. The minimum absolute atomic E-state index is 0.151. The molecule has 1 spiro atoms. The van der Waals surface area contributed by atoms with Crippen LogP contribution in [0.1, 0.15) is 32.6 Å². The second kappa shape index (κ2) is 7.46. The minimum atomic E-state index is -3.23. The van der Waals surface area contributed by atoms with Crippen LogP contribution in [-0.4, -0.2) is 62.6 Å². The van der Waals surface area contributed by atoms with Crippen molar-refractivity contribution >= 4 is 15.7 Å². The number of carbonyl (C=O) groups excluding carboxylic acids is 1. The Kier molecular flexibility index (Phi) is 5.49. The molecule has 2 aliphatic heterocycles. The molecule has 0 bridgehead atoms. The summed E-state index contributed by atoms with van der Waals surface area (Å²) in [6.45, 7) is 6.05. The second-order valence-corrected chi connectivity index (χ2v) is 9.53. The molecule has 0 radical (unpaired) electrons. The molecule has 2 fully saturated rings. The molecule has 1 aromatic carbocycles. The molecule has 0 aromatic heterocycles. The highest BCUT2D eigenvalue weighted by molar-refractivity contribution is 7.91. The maximum absolute atomic E-state index is 12.5. The van der Waals surface area contributed by atoms with Gasteiger partial charge in [0.05, 0.1) is 10.6 Å². The minimum Gasteiger partial charge on any atom is -0.342 e. The summed E-state index contributed by atoms with van der Waals surface area (Å²) in [4.78, 5) is 16.6. The summed E-state index contributed by atoms with van der Waals surface area (Å²) in [6.07, 6.45) is 3.78. The summed E-state index contributed by atoms with van der Waals surface area (Å²) in [5.41, 5.74) is 0.151. The van der Waals surface area contributed by atoms with Crippen LogP contribution in [0.25, 0.3) is 0 Å². The number of piperidine rings is 2. The van der Waals surface area contributed by atoms with Crippen LogP contribution >= 0.6 is 0 Å². The first kappa shape index (κ1) is 18.4.